The Morgan fingerprint density at radius 1 is 1.60 bits per heavy atom. The van der Waals surface area contributed by atoms with E-state index in [9.17, 15) is 18.9 Å². The second-order valence-electron chi connectivity index (χ2n) is 2.53. The second kappa shape index (κ2) is 4.67. The molecule has 0 saturated carbocycles. The van der Waals surface area contributed by atoms with Crippen LogP contribution >= 0.6 is 23.2 Å². The molecule has 15 heavy (non-hydrogen) atoms. The van der Waals surface area contributed by atoms with E-state index in [4.69, 9.17) is 23.2 Å². The summed E-state index contributed by atoms with van der Waals surface area (Å²) in [6, 6.07) is 0.675. The highest BCUT2D eigenvalue weighted by Crippen LogP contribution is 2.30. The van der Waals surface area contributed by atoms with Crippen LogP contribution in [-0.2, 0) is 5.88 Å². The molecule has 1 aromatic rings. The molecule has 0 amide bonds. The summed E-state index contributed by atoms with van der Waals surface area (Å²) in [4.78, 5) is 13.0. The molecule has 0 radical (unpaired) electrons. The minimum absolute atomic E-state index is 0.0623. The zero-order valence-electron chi connectivity index (χ0n) is 7.08. The van der Waals surface area contributed by atoms with Crippen LogP contribution in [0.1, 0.15) is 17.7 Å². The van der Waals surface area contributed by atoms with Gasteiger partial charge in [-0.15, -0.1) is 11.6 Å². The van der Waals surface area contributed by atoms with Crippen LogP contribution < -0.4 is 0 Å². The molecule has 0 atom stereocenters. The van der Waals surface area contributed by atoms with E-state index in [1.54, 1.807) is 0 Å². The predicted molar refractivity (Wildman–Crippen MR) is 50.4 cm³/mol. The van der Waals surface area contributed by atoms with Gasteiger partial charge in [-0.05, 0) is 0 Å². The largest absolute Gasteiger partial charge is 0.280 e. The van der Waals surface area contributed by atoms with Gasteiger partial charge in [-0.3, -0.25) is 10.1 Å². The average molecular weight is 257 g/mol. The number of hydrogen-bond acceptors (Lipinski definition) is 3. The van der Waals surface area contributed by atoms with Crippen LogP contribution in [0.25, 0.3) is 0 Å². The van der Waals surface area contributed by atoms with Gasteiger partial charge in [-0.2, -0.15) is 0 Å². The number of rotatable bonds is 3. The van der Waals surface area contributed by atoms with Crippen molar-refractivity contribution in [1.82, 2.24) is 4.98 Å². The Labute approximate surface area is 93.0 Å². The maximum Gasteiger partial charge on any atom is 0.280 e. The molecule has 0 aliphatic rings. The van der Waals surface area contributed by atoms with Gasteiger partial charge in [-0.25, -0.2) is 13.8 Å². The SMILES string of the molecule is O=[N+]([O-])c1cc(C(F)F)nc(Cl)c1CCl. The molecule has 0 aliphatic carbocycles. The maximum absolute atomic E-state index is 12.2. The van der Waals surface area contributed by atoms with Gasteiger partial charge >= 0.3 is 0 Å². The number of nitrogens with zero attached hydrogens (tertiary/aromatic N) is 2. The molecular formula is C7H4Cl2F2N2O2. The molecule has 0 bridgehead atoms. The molecule has 8 heteroatoms. The topological polar surface area (TPSA) is 56.0 Å². The van der Waals surface area contributed by atoms with Crippen molar-refractivity contribution < 1.29 is 13.7 Å². The van der Waals surface area contributed by atoms with E-state index in [1.807, 2.05) is 0 Å². The Hall–Kier alpha value is -1.01. The van der Waals surface area contributed by atoms with E-state index >= 15 is 0 Å². The lowest BCUT2D eigenvalue weighted by Crippen LogP contribution is -2.00. The van der Waals surface area contributed by atoms with Crippen LogP contribution in [0.15, 0.2) is 6.07 Å². The fraction of sp³-hybridized carbons (Fsp3) is 0.286. The van der Waals surface area contributed by atoms with Crippen molar-refractivity contribution in [3.8, 4) is 0 Å². The zero-order chi connectivity index (χ0) is 11.6. The van der Waals surface area contributed by atoms with Crippen molar-refractivity contribution in [1.29, 1.82) is 0 Å². The molecule has 0 spiro atoms. The molecular weight excluding hydrogens is 253 g/mol. The first-order valence-electron chi connectivity index (χ1n) is 3.65. The number of alkyl halides is 3. The number of hydrogen-bond donors (Lipinski definition) is 0. The van der Waals surface area contributed by atoms with Crippen molar-refractivity contribution in [2.24, 2.45) is 0 Å². The number of nitro groups is 1. The van der Waals surface area contributed by atoms with Gasteiger partial charge in [-0.1, -0.05) is 11.6 Å². The van der Waals surface area contributed by atoms with E-state index in [-0.39, 0.29) is 16.6 Å². The minimum Gasteiger partial charge on any atom is -0.258 e. The molecule has 4 nitrogen and oxygen atoms in total. The van der Waals surface area contributed by atoms with E-state index < -0.39 is 22.7 Å². The van der Waals surface area contributed by atoms with Crippen molar-refractivity contribution in [3.05, 3.63) is 32.6 Å². The summed E-state index contributed by atoms with van der Waals surface area (Å²) >= 11 is 10.9. The first kappa shape index (κ1) is 12.1. The molecule has 0 fully saturated rings. The summed E-state index contributed by atoms with van der Waals surface area (Å²) in [6.07, 6.45) is -2.91. The van der Waals surface area contributed by atoms with Gasteiger partial charge in [0.25, 0.3) is 12.1 Å². The van der Waals surface area contributed by atoms with Crippen LogP contribution in [0, 0.1) is 10.1 Å². The third-order valence-electron chi connectivity index (χ3n) is 1.62. The summed E-state index contributed by atoms with van der Waals surface area (Å²) in [7, 11) is 0. The Morgan fingerprint density at radius 3 is 2.60 bits per heavy atom. The summed E-state index contributed by atoms with van der Waals surface area (Å²) in [5, 5.41) is 10.2. The Morgan fingerprint density at radius 2 is 2.20 bits per heavy atom. The minimum atomic E-state index is -2.91. The van der Waals surface area contributed by atoms with Crippen molar-refractivity contribution >= 4 is 28.9 Å². The molecule has 0 aromatic carbocycles. The number of halogens is 4. The van der Waals surface area contributed by atoms with Crippen molar-refractivity contribution in [2.75, 3.05) is 0 Å². The molecule has 0 unspecified atom stereocenters. The van der Waals surface area contributed by atoms with Gasteiger partial charge in [0, 0.05) is 6.07 Å². The summed E-state index contributed by atoms with van der Waals surface area (Å²) in [5.74, 6) is -0.258. The lowest BCUT2D eigenvalue weighted by Gasteiger charge is -2.04. The fourth-order valence-electron chi connectivity index (χ4n) is 0.944. The molecule has 82 valence electrons. The van der Waals surface area contributed by atoms with Crippen LogP contribution in [0.3, 0.4) is 0 Å². The lowest BCUT2D eigenvalue weighted by molar-refractivity contribution is -0.385. The zero-order valence-corrected chi connectivity index (χ0v) is 8.60. The van der Waals surface area contributed by atoms with E-state index in [2.05, 4.69) is 4.98 Å². The quantitative estimate of drug-likeness (QED) is 0.361. The molecule has 1 heterocycles. The van der Waals surface area contributed by atoms with E-state index in [0.29, 0.717) is 6.07 Å². The van der Waals surface area contributed by atoms with Crippen LogP contribution in [0.4, 0.5) is 14.5 Å². The maximum atomic E-state index is 12.2. The fourth-order valence-corrected chi connectivity index (χ4v) is 1.54. The normalized spacial score (nSPS) is 10.7. The van der Waals surface area contributed by atoms with Gasteiger partial charge in [0.1, 0.15) is 10.8 Å². The Balaban J connectivity index is 3.38. The monoisotopic (exact) mass is 256 g/mol. The van der Waals surface area contributed by atoms with Crippen LogP contribution in [-0.4, -0.2) is 9.91 Å². The van der Waals surface area contributed by atoms with Crippen molar-refractivity contribution in [3.63, 3.8) is 0 Å². The average Bonchev–Trinajstić information content (AvgIpc) is 2.16. The summed E-state index contributed by atoms with van der Waals surface area (Å²) in [5.41, 5.74) is -1.34. The van der Waals surface area contributed by atoms with Crippen molar-refractivity contribution in [2.45, 2.75) is 12.3 Å². The standard InChI is InChI=1S/C7H4Cl2F2N2O2/c8-2-3-5(13(14)15)1-4(7(10)11)12-6(3)9/h1,7H,2H2. The number of pyridine rings is 1. The summed E-state index contributed by atoms with van der Waals surface area (Å²) < 4.78 is 24.5. The molecule has 1 aromatic heterocycles. The highest BCUT2D eigenvalue weighted by Gasteiger charge is 2.22. The number of aromatic nitrogens is 1. The van der Waals surface area contributed by atoms with E-state index in [1.165, 1.54) is 0 Å². The summed E-state index contributed by atoms with van der Waals surface area (Å²) in [6.45, 7) is 0. The Bertz CT molecular complexity index is 401. The molecule has 0 saturated heterocycles. The van der Waals surface area contributed by atoms with E-state index in [0.717, 1.165) is 0 Å². The highest BCUT2D eigenvalue weighted by molar-refractivity contribution is 6.31. The molecule has 0 aliphatic heterocycles. The van der Waals surface area contributed by atoms with Crippen LogP contribution in [0.5, 0.6) is 0 Å². The van der Waals surface area contributed by atoms with Gasteiger partial charge in [0.2, 0.25) is 0 Å². The highest BCUT2D eigenvalue weighted by atomic mass is 35.5. The third kappa shape index (κ3) is 2.51. The molecule has 1 rings (SSSR count). The third-order valence-corrected chi connectivity index (χ3v) is 2.20. The van der Waals surface area contributed by atoms with Gasteiger partial charge < -0.3 is 0 Å². The second-order valence-corrected chi connectivity index (χ2v) is 3.15. The van der Waals surface area contributed by atoms with Gasteiger partial charge in [0.05, 0.1) is 16.4 Å². The van der Waals surface area contributed by atoms with Gasteiger partial charge in [0.15, 0.2) is 0 Å². The molecule has 0 N–H and O–H groups in total. The van der Waals surface area contributed by atoms with Crippen LogP contribution in [0.2, 0.25) is 5.15 Å². The first-order valence-corrected chi connectivity index (χ1v) is 4.56. The smallest absolute Gasteiger partial charge is 0.258 e. The first-order chi connectivity index (χ1) is 6.97. The Kier molecular flexibility index (Phi) is 3.76. The predicted octanol–water partition coefficient (Wildman–Crippen LogP) is 3.32. The lowest BCUT2D eigenvalue weighted by atomic mass is 10.2.